The van der Waals surface area contributed by atoms with Crippen molar-refractivity contribution in [1.29, 1.82) is 0 Å². The zero-order valence-electron chi connectivity index (χ0n) is 43.6. The molecule has 0 spiro atoms. The molecule has 0 aromatic carbocycles. The van der Waals surface area contributed by atoms with E-state index in [0.717, 1.165) is 18.4 Å². The van der Waals surface area contributed by atoms with Crippen molar-refractivity contribution in [2.24, 2.45) is 35.5 Å². The Hall–Kier alpha value is -3.41. The minimum absolute atomic E-state index is 0.000802. The molecule has 0 unspecified atom stereocenters. The lowest BCUT2D eigenvalue weighted by Crippen LogP contribution is -2.61. The van der Waals surface area contributed by atoms with E-state index in [1.165, 1.54) is 12.0 Å². The van der Waals surface area contributed by atoms with Gasteiger partial charge < -0.3 is 49.0 Å². The van der Waals surface area contributed by atoms with E-state index in [9.17, 15) is 44.4 Å². The number of aliphatic hydroxyl groups excluding tert-OH is 3. The smallest absolute Gasteiger partial charge is 0.329 e. The second-order valence-electron chi connectivity index (χ2n) is 21.0. The zero-order valence-corrected chi connectivity index (χ0v) is 43.6. The highest BCUT2D eigenvalue weighted by Crippen LogP contribution is 2.38. The molecular formula is C55H87NO14. The van der Waals surface area contributed by atoms with E-state index in [1.807, 2.05) is 58.1 Å². The molecule has 4 rings (SSSR count). The number of amides is 1. The lowest BCUT2D eigenvalue weighted by Gasteiger charge is -2.43. The lowest BCUT2D eigenvalue weighted by molar-refractivity contribution is -0.266. The number of hydrogen-bond donors (Lipinski definition) is 4. The molecule has 3 aliphatic heterocycles. The topological polar surface area (TPSA) is 216 Å². The number of esters is 1. The fourth-order valence-corrected chi connectivity index (χ4v) is 10.7. The Kier molecular flexibility index (Phi) is 24.3. The molecule has 4 N–H and O–H groups in total. The summed E-state index contributed by atoms with van der Waals surface area (Å²) in [6.45, 7) is 13.2. The zero-order chi connectivity index (χ0) is 51.7. The van der Waals surface area contributed by atoms with Crippen molar-refractivity contribution < 1.29 is 68.1 Å². The second kappa shape index (κ2) is 28.7. The number of ether oxygens (including phenoxy) is 5. The molecule has 1 amide bonds. The summed E-state index contributed by atoms with van der Waals surface area (Å²) >= 11 is 0. The molecule has 0 aromatic heterocycles. The first-order valence-electron chi connectivity index (χ1n) is 26.1. The number of rotatable bonds is 11. The summed E-state index contributed by atoms with van der Waals surface area (Å²) in [4.78, 5) is 72.4. The van der Waals surface area contributed by atoms with Crippen LogP contribution in [0.15, 0.2) is 47.6 Å². The number of nitrogens with zero attached hydrogens (tertiary/aromatic N) is 1. The van der Waals surface area contributed by atoms with Gasteiger partial charge in [-0.3, -0.25) is 19.2 Å². The molecule has 4 aliphatic rings. The molecule has 1 saturated carbocycles. The Labute approximate surface area is 417 Å². The van der Waals surface area contributed by atoms with Gasteiger partial charge >= 0.3 is 5.97 Å². The van der Waals surface area contributed by atoms with E-state index in [-0.39, 0.29) is 61.4 Å². The minimum atomic E-state index is -2.46. The number of hydrogen-bond acceptors (Lipinski definition) is 14. The predicted octanol–water partition coefficient (Wildman–Crippen LogP) is 6.71. The van der Waals surface area contributed by atoms with Crippen LogP contribution in [0.25, 0.3) is 0 Å². The van der Waals surface area contributed by atoms with Gasteiger partial charge in [0.2, 0.25) is 5.79 Å². The molecule has 0 aromatic rings. The van der Waals surface area contributed by atoms with Crippen LogP contribution >= 0.6 is 0 Å². The highest BCUT2D eigenvalue weighted by atomic mass is 16.6. The molecule has 2 bridgehead atoms. The summed E-state index contributed by atoms with van der Waals surface area (Å²) in [5, 5.41) is 43.4. The van der Waals surface area contributed by atoms with Crippen LogP contribution in [-0.4, -0.2) is 143 Å². The molecule has 2 saturated heterocycles. The summed E-state index contributed by atoms with van der Waals surface area (Å²) in [7, 11) is 2.94. The van der Waals surface area contributed by atoms with Crippen LogP contribution in [0, 0.1) is 35.5 Å². The lowest BCUT2D eigenvalue weighted by atomic mass is 9.78. The maximum absolute atomic E-state index is 14.5. The van der Waals surface area contributed by atoms with E-state index in [2.05, 4.69) is 0 Å². The maximum atomic E-state index is 14.5. The van der Waals surface area contributed by atoms with Gasteiger partial charge in [0.1, 0.15) is 30.1 Å². The number of aliphatic hydroxyl groups is 4. The number of Topliss-reactive ketones (excluding diaryl/α,β-unsaturated/α-hetero) is 3. The van der Waals surface area contributed by atoms with Gasteiger partial charge in [-0.2, -0.15) is 0 Å². The number of carbonyl (C=O) groups excluding carboxylic acids is 5. The third-order valence-electron chi connectivity index (χ3n) is 15.3. The SMILES string of the molecule is CO[C@@H]1C[C@H](C[C@@H](C)[C@@H]2CC(=O)[C@H](C)/C=C(\C)[C@@H](O)[C@@H](OC)C(=O)[C@H](C)C[C@H](C)/C=C/C=C/C=C(\C)[C@@H](OCCCCCO)C[C@@H]3CC[C@@H](C)[C@@](O)(O3)C(=O)C(=O)N3CCCC[C@H]3C(=O)O2)CC[C@H]1O. The number of cyclic esters (lactones) is 1. The maximum Gasteiger partial charge on any atom is 0.329 e. The van der Waals surface area contributed by atoms with Crippen molar-refractivity contribution in [3.05, 3.63) is 47.6 Å². The number of ketones is 3. The van der Waals surface area contributed by atoms with Gasteiger partial charge in [-0.1, -0.05) is 71.1 Å². The molecule has 15 atom stereocenters. The Balaban J connectivity index is 1.71. The Bertz CT molecular complexity index is 1840. The first kappa shape index (κ1) is 59.2. The number of fused-ring (bicyclic) bond motifs is 3. The van der Waals surface area contributed by atoms with Crippen LogP contribution in [0.3, 0.4) is 0 Å². The normalized spacial score (nSPS) is 38.4. The second-order valence-corrected chi connectivity index (χ2v) is 21.0. The van der Waals surface area contributed by atoms with E-state index >= 15 is 0 Å². The van der Waals surface area contributed by atoms with Crippen LogP contribution in [0.1, 0.15) is 145 Å². The number of unbranched alkanes of at least 4 members (excludes halogenated alkanes) is 2. The van der Waals surface area contributed by atoms with Gasteiger partial charge in [0.15, 0.2) is 5.78 Å². The van der Waals surface area contributed by atoms with Gasteiger partial charge in [-0.15, -0.1) is 0 Å². The molecule has 70 heavy (non-hydrogen) atoms. The van der Waals surface area contributed by atoms with Gasteiger partial charge in [0, 0.05) is 64.6 Å². The highest BCUT2D eigenvalue weighted by molar-refractivity contribution is 6.39. The van der Waals surface area contributed by atoms with E-state index in [1.54, 1.807) is 34.0 Å². The van der Waals surface area contributed by atoms with Crippen LogP contribution in [0.5, 0.6) is 0 Å². The van der Waals surface area contributed by atoms with Crippen molar-refractivity contribution in [2.75, 3.05) is 34.0 Å². The number of carbonyl (C=O) groups is 5. The van der Waals surface area contributed by atoms with Crippen LogP contribution < -0.4 is 0 Å². The summed E-state index contributed by atoms with van der Waals surface area (Å²) < 4.78 is 30.1. The Morgan fingerprint density at radius 2 is 1.60 bits per heavy atom. The van der Waals surface area contributed by atoms with E-state index in [4.69, 9.17) is 23.7 Å². The van der Waals surface area contributed by atoms with Gasteiger partial charge in [0.25, 0.3) is 11.7 Å². The predicted molar refractivity (Wildman–Crippen MR) is 265 cm³/mol. The van der Waals surface area contributed by atoms with Gasteiger partial charge in [-0.05, 0) is 126 Å². The fraction of sp³-hybridized carbons (Fsp3) is 0.764. The molecule has 15 heteroatoms. The molecule has 3 fully saturated rings. The van der Waals surface area contributed by atoms with E-state index in [0.29, 0.717) is 82.8 Å². The molecule has 396 valence electrons. The van der Waals surface area contributed by atoms with Gasteiger partial charge in [0.05, 0.1) is 24.4 Å². The standard InChI is InChI=1S/C55H87NO14/c1-34-18-12-10-13-19-35(2)46(68-27-17-11-16-26-57)32-42-23-21-40(7)55(65,70-42)52(62)53(63)56-25-15-14-20-43(56)54(64)69-47(37(4)30-41-22-24-44(58)48(31-41)66-8)33-45(59)36(3)29-39(6)50(61)51(67-9)49(60)38(5)28-34/h10,12-13,18-19,29,34,36-38,40-44,46-48,50-51,57-58,61,65H,11,14-17,20-28,30-33H2,1-9H3/b13-10+,18-12+,35-19+,39-29+/t34-,36-,37-,38-,40-,41+,42+,43+,44-,46+,47+,48-,50-,51+,55-/m1/s1. The van der Waals surface area contributed by atoms with E-state index < -0.39 is 83.9 Å². The van der Waals surface area contributed by atoms with Crippen LogP contribution in [0.2, 0.25) is 0 Å². The molecule has 0 radical (unpaired) electrons. The first-order chi connectivity index (χ1) is 33.2. The molecule has 1 aliphatic carbocycles. The third-order valence-corrected chi connectivity index (χ3v) is 15.3. The Morgan fingerprint density at radius 1 is 0.857 bits per heavy atom. The molecular weight excluding hydrogens is 899 g/mol. The Morgan fingerprint density at radius 3 is 2.30 bits per heavy atom. The average molecular weight is 986 g/mol. The van der Waals surface area contributed by atoms with Crippen molar-refractivity contribution in [3.8, 4) is 0 Å². The van der Waals surface area contributed by atoms with Crippen molar-refractivity contribution in [3.63, 3.8) is 0 Å². The van der Waals surface area contributed by atoms with Crippen molar-refractivity contribution >= 4 is 29.2 Å². The quantitative estimate of drug-likeness (QED) is 0.0733. The molecule has 15 nitrogen and oxygen atoms in total. The first-order valence-corrected chi connectivity index (χ1v) is 26.1. The highest BCUT2D eigenvalue weighted by Gasteiger charge is 2.53. The number of allylic oxidation sites excluding steroid dienone is 6. The summed E-state index contributed by atoms with van der Waals surface area (Å²) in [5.74, 6) is -8.13. The third kappa shape index (κ3) is 16.6. The van der Waals surface area contributed by atoms with Crippen molar-refractivity contribution in [2.45, 2.75) is 199 Å². The largest absolute Gasteiger partial charge is 0.460 e. The molecule has 3 heterocycles. The number of piperidine rings is 1. The monoisotopic (exact) mass is 986 g/mol. The number of methoxy groups -OCH3 is 2. The van der Waals surface area contributed by atoms with Crippen LogP contribution in [-0.2, 0) is 47.7 Å². The minimum Gasteiger partial charge on any atom is -0.460 e. The van der Waals surface area contributed by atoms with Gasteiger partial charge in [-0.25, -0.2) is 4.79 Å². The summed E-state index contributed by atoms with van der Waals surface area (Å²) in [6, 6.07) is -1.16. The van der Waals surface area contributed by atoms with Crippen molar-refractivity contribution in [1.82, 2.24) is 4.90 Å². The summed E-state index contributed by atoms with van der Waals surface area (Å²) in [6.07, 6.45) is 13.1. The summed E-state index contributed by atoms with van der Waals surface area (Å²) in [5.41, 5.74) is 1.26. The average Bonchev–Trinajstić information content (AvgIpc) is 3.33. The fourth-order valence-electron chi connectivity index (χ4n) is 10.7. The van der Waals surface area contributed by atoms with Crippen LogP contribution in [0.4, 0.5) is 0 Å².